The van der Waals surface area contributed by atoms with E-state index in [-0.39, 0.29) is 11.2 Å². The molecule has 2 rings (SSSR count). The lowest BCUT2D eigenvalue weighted by Gasteiger charge is -2.30. The summed E-state index contributed by atoms with van der Waals surface area (Å²) in [5.41, 5.74) is 2.33. The third kappa shape index (κ3) is 2.81. The highest BCUT2D eigenvalue weighted by Gasteiger charge is 2.24. The Hall–Kier alpha value is -1.36. The van der Waals surface area contributed by atoms with E-state index in [0.29, 0.717) is 12.3 Å². The summed E-state index contributed by atoms with van der Waals surface area (Å²) >= 11 is 4.21. The van der Waals surface area contributed by atoms with E-state index < -0.39 is 0 Å². The molecule has 1 aromatic rings. The van der Waals surface area contributed by atoms with Crippen molar-refractivity contribution in [1.82, 2.24) is 4.90 Å². The van der Waals surface area contributed by atoms with Crippen LogP contribution in [0.4, 0.5) is 0 Å². The molecule has 4 nitrogen and oxygen atoms in total. The van der Waals surface area contributed by atoms with Gasteiger partial charge in [-0.25, -0.2) is 0 Å². The van der Waals surface area contributed by atoms with E-state index in [1.54, 1.807) is 21.1 Å². The highest BCUT2D eigenvalue weighted by molar-refractivity contribution is 7.81. The zero-order valence-corrected chi connectivity index (χ0v) is 12.4. The molecule has 0 spiro atoms. The Labute approximate surface area is 119 Å². The van der Waals surface area contributed by atoms with Gasteiger partial charge in [-0.15, -0.1) is 0 Å². The summed E-state index contributed by atoms with van der Waals surface area (Å²) in [6.45, 7) is 3.14. The maximum atomic E-state index is 12.0. The fraction of sp³-hybridized carbons (Fsp3) is 0.500. The average Bonchev–Trinajstić information content (AvgIpc) is 2.44. The summed E-state index contributed by atoms with van der Waals surface area (Å²) in [6.07, 6.45) is 0.835. The van der Waals surface area contributed by atoms with Crippen LogP contribution in [0.5, 0.6) is 11.5 Å². The number of hydrogen-bond donors (Lipinski definition) is 1. The fourth-order valence-electron chi connectivity index (χ4n) is 2.34. The minimum absolute atomic E-state index is 0.0729. The molecule has 1 aromatic carbocycles. The Bertz CT molecular complexity index is 488. The maximum absolute atomic E-state index is 12.0. The second-order valence-electron chi connectivity index (χ2n) is 4.66. The normalized spacial score (nSPS) is 15.7. The summed E-state index contributed by atoms with van der Waals surface area (Å²) in [7, 11) is 3.25. The molecule has 1 atom stereocenters. The van der Waals surface area contributed by atoms with Crippen molar-refractivity contribution in [2.75, 3.05) is 20.8 Å². The molecule has 0 N–H and O–H groups in total. The molecule has 5 heteroatoms. The molecule has 0 fully saturated rings. The van der Waals surface area contributed by atoms with Gasteiger partial charge in [0.15, 0.2) is 11.5 Å². The van der Waals surface area contributed by atoms with Gasteiger partial charge in [-0.05, 0) is 36.6 Å². The highest BCUT2D eigenvalue weighted by Crippen LogP contribution is 2.33. The molecule has 0 radical (unpaired) electrons. The van der Waals surface area contributed by atoms with Crippen LogP contribution < -0.4 is 9.47 Å². The van der Waals surface area contributed by atoms with Crippen LogP contribution in [-0.2, 0) is 17.8 Å². The monoisotopic (exact) mass is 281 g/mol. The summed E-state index contributed by atoms with van der Waals surface area (Å²) in [6, 6.07) is 3.96. The number of benzene rings is 1. The lowest BCUT2D eigenvalue weighted by molar-refractivity contribution is -0.131. The molecule has 1 amide bonds. The van der Waals surface area contributed by atoms with Crippen molar-refractivity contribution < 1.29 is 14.3 Å². The van der Waals surface area contributed by atoms with Crippen molar-refractivity contribution in [3.05, 3.63) is 23.3 Å². The first-order valence-corrected chi connectivity index (χ1v) is 6.79. The lowest BCUT2D eigenvalue weighted by atomic mass is 9.98. The Morgan fingerprint density at radius 2 is 1.84 bits per heavy atom. The number of amides is 1. The van der Waals surface area contributed by atoms with Crippen molar-refractivity contribution in [1.29, 1.82) is 0 Å². The second-order valence-corrected chi connectivity index (χ2v) is 5.44. The Morgan fingerprint density at radius 3 is 2.37 bits per heavy atom. The van der Waals surface area contributed by atoms with Crippen molar-refractivity contribution in [2.45, 2.75) is 25.1 Å². The average molecular weight is 281 g/mol. The maximum Gasteiger partial charge on any atom is 0.235 e. The van der Waals surface area contributed by atoms with Crippen molar-refractivity contribution in [3.8, 4) is 11.5 Å². The summed E-state index contributed by atoms with van der Waals surface area (Å²) in [5.74, 6) is 1.52. The zero-order chi connectivity index (χ0) is 14.0. The molecular formula is C14H19NO3S. The molecule has 0 aromatic heterocycles. The number of fused-ring (bicyclic) bond motifs is 1. The van der Waals surface area contributed by atoms with Gasteiger partial charge in [0, 0.05) is 13.1 Å². The SMILES string of the molecule is COc1cc2c(cc1OC)CN(C(=O)C(C)S)CC2. The minimum Gasteiger partial charge on any atom is -0.493 e. The molecule has 104 valence electrons. The topological polar surface area (TPSA) is 38.8 Å². The molecule has 0 aliphatic carbocycles. The molecule has 1 aliphatic rings. The number of hydrogen-bond acceptors (Lipinski definition) is 4. The first kappa shape index (κ1) is 14.1. The molecule has 1 unspecified atom stereocenters. The number of thiol groups is 1. The predicted octanol–water partition coefficient (Wildman–Crippen LogP) is 1.91. The van der Waals surface area contributed by atoms with Gasteiger partial charge >= 0.3 is 0 Å². The van der Waals surface area contributed by atoms with Gasteiger partial charge < -0.3 is 14.4 Å². The first-order chi connectivity index (χ1) is 9.06. The summed E-state index contributed by atoms with van der Waals surface area (Å²) in [5, 5.41) is -0.262. The van der Waals surface area contributed by atoms with Gasteiger partial charge in [0.25, 0.3) is 0 Å². The van der Waals surface area contributed by atoms with E-state index in [0.717, 1.165) is 24.3 Å². The van der Waals surface area contributed by atoms with Gasteiger partial charge in [-0.2, -0.15) is 12.6 Å². The third-order valence-electron chi connectivity index (χ3n) is 3.39. The van der Waals surface area contributed by atoms with Gasteiger partial charge in [-0.1, -0.05) is 0 Å². The smallest absolute Gasteiger partial charge is 0.235 e. The van der Waals surface area contributed by atoms with E-state index in [1.165, 1.54) is 5.56 Å². The first-order valence-electron chi connectivity index (χ1n) is 6.27. The lowest BCUT2D eigenvalue weighted by Crippen LogP contribution is -2.39. The molecular weight excluding hydrogens is 262 g/mol. The molecule has 0 saturated heterocycles. The summed E-state index contributed by atoms with van der Waals surface area (Å²) in [4.78, 5) is 13.8. The van der Waals surface area contributed by atoms with Crippen LogP contribution in [0.3, 0.4) is 0 Å². The van der Waals surface area contributed by atoms with Crippen LogP contribution in [0, 0.1) is 0 Å². The number of nitrogens with zero attached hydrogens (tertiary/aromatic N) is 1. The predicted molar refractivity (Wildman–Crippen MR) is 77.1 cm³/mol. The van der Waals surface area contributed by atoms with Crippen LogP contribution >= 0.6 is 12.6 Å². The van der Waals surface area contributed by atoms with Crippen LogP contribution in [0.25, 0.3) is 0 Å². The third-order valence-corrected chi connectivity index (χ3v) is 3.61. The highest BCUT2D eigenvalue weighted by atomic mass is 32.1. The number of rotatable bonds is 3. The van der Waals surface area contributed by atoms with Crippen molar-refractivity contribution in [3.63, 3.8) is 0 Å². The fourth-order valence-corrected chi connectivity index (χ4v) is 2.50. The standard InChI is InChI=1S/C14H19NO3S/c1-9(19)14(16)15-5-4-10-6-12(17-2)13(18-3)7-11(10)8-15/h6-7,9,19H,4-5,8H2,1-3H3. The van der Waals surface area contributed by atoms with E-state index in [1.807, 2.05) is 17.0 Å². The number of carbonyl (C=O) groups excluding carboxylic acids is 1. The Kier molecular flexibility index (Phi) is 4.24. The van der Waals surface area contributed by atoms with Crippen LogP contribution in [0.1, 0.15) is 18.1 Å². The van der Waals surface area contributed by atoms with E-state index in [9.17, 15) is 4.79 Å². The largest absolute Gasteiger partial charge is 0.493 e. The molecule has 0 saturated carbocycles. The number of ether oxygens (including phenoxy) is 2. The van der Waals surface area contributed by atoms with Crippen molar-refractivity contribution in [2.24, 2.45) is 0 Å². The van der Waals surface area contributed by atoms with Gasteiger partial charge in [-0.3, -0.25) is 4.79 Å². The van der Waals surface area contributed by atoms with E-state index in [4.69, 9.17) is 9.47 Å². The minimum atomic E-state index is -0.262. The van der Waals surface area contributed by atoms with Crippen LogP contribution in [0.15, 0.2) is 12.1 Å². The molecule has 1 aliphatic heterocycles. The number of methoxy groups -OCH3 is 2. The second kappa shape index (κ2) is 5.74. The Balaban J connectivity index is 2.27. The quantitative estimate of drug-likeness (QED) is 0.860. The Morgan fingerprint density at radius 1 is 1.26 bits per heavy atom. The summed E-state index contributed by atoms with van der Waals surface area (Å²) < 4.78 is 10.6. The van der Waals surface area contributed by atoms with Crippen molar-refractivity contribution >= 4 is 18.5 Å². The molecule has 1 heterocycles. The van der Waals surface area contributed by atoms with Gasteiger partial charge in [0.1, 0.15) is 0 Å². The zero-order valence-electron chi connectivity index (χ0n) is 11.5. The molecule has 0 bridgehead atoms. The van der Waals surface area contributed by atoms with Crippen LogP contribution in [0.2, 0.25) is 0 Å². The van der Waals surface area contributed by atoms with Gasteiger partial charge in [0.2, 0.25) is 5.91 Å². The van der Waals surface area contributed by atoms with E-state index in [2.05, 4.69) is 12.6 Å². The van der Waals surface area contributed by atoms with Gasteiger partial charge in [0.05, 0.1) is 19.5 Å². The van der Waals surface area contributed by atoms with E-state index >= 15 is 0 Å². The number of carbonyl (C=O) groups is 1. The van der Waals surface area contributed by atoms with Crippen LogP contribution in [-0.4, -0.2) is 36.8 Å². The molecule has 19 heavy (non-hydrogen) atoms.